The normalized spacial score (nSPS) is 29.2. The fourth-order valence-corrected chi connectivity index (χ4v) is 9.00. The highest BCUT2D eigenvalue weighted by molar-refractivity contribution is 5.69. The molecule has 13 nitrogen and oxygen atoms in total. The number of hydrogen-bond acceptors (Lipinski definition) is 9. The van der Waals surface area contributed by atoms with Crippen molar-refractivity contribution < 1.29 is 42.9 Å². The Labute approximate surface area is 325 Å². The van der Waals surface area contributed by atoms with Crippen molar-refractivity contribution in [3.63, 3.8) is 0 Å². The fraction of sp³-hybridized carbons (Fsp3) is 0.762. The maximum atomic E-state index is 13.0. The minimum atomic E-state index is -0.609. The average molecular weight is 763 g/mol. The average Bonchev–Trinajstić information content (AvgIpc) is 4.09. The third-order valence-corrected chi connectivity index (χ3v) is 12.3. The van der Waals surface area contributed by atoms with E-state index in [-0.39, 0.29) is 52.5 Å². The Hall–Kier alpha value is -4.28. The number of carbonyl (C=O) groups is 4. The van der Waals surface area contributed by atoms with Crippen LogP contribution >= 0.6 is 0 Å². The molecule has 6 rings (SSSR count). The Bertz CT molecular complexity index is 1400. The Balaban J connectivity index is 0.840. The highest BCUT2D eigenvalue weighted by atomic mass is 16.6. The van der Waals surface area contributed by atoms with E-state index in [1.165, 1.54) is 4.90 Å². The summed E-state index contributed by atoms with van der Waals surface area (Å²) in [6, 6.07) is 0. The van der Waals surface area contributed by atoms with Crippen LogP contribution in [0.25, 0.3) is 0 Å². The molecule has 0 radical (unpaired) electrons. The van der Waals surface area contributed by atoms with Crippen molar-refractivity contribution in [2.24, 2.45) is 53.3 Å². The number of alkyl carbamates (subject to hydrolysis) is 3. The Morgan fingerprint density at radius 2 is 0.800 bits per heavy atom. The van der Waals surface area contributed by atoms with E-state index in [0.29, 0.717) is 73.1 Å². The lowest BCUT2D eigenvalue weighted by Gasteiger charge is -2.22. The number of hydrogen-bond donors (Lipinski definition) is 3. The molecular formula is C42H58N4O9. The predicted octanol–water partition coefficient (Wildman–Crippen LogP) is 4.94. The zero-order valence-corrected chi connectivity index (χ0v) is 32.1. The van der Waals surface area contributed by atoms with Crippen LogP contribution in [0, 0.1) is 88.8 Å². The minimum absolute atomic E-state index is 0.0115. The second-order valence-electron chi connectivity index (χ2n) is 15.6. The van der Waals surface area contributed by atoms with Crippen LogP contribution < -0.4 is 16.0 Å². The quantitative estimate of drug-likeness (QED) is 0.100. The van der Waals surface area contributed by atoms with Gasteiger partial charge in [-0.15, -0.1) is 35.5 Å². The molecule has 0 aliphatic heterocycles. The zero-order valence-electron chi connectivity index (χ0n) is 32.1. The van der Waals surface area contributed by atoms with Gasteiger partial charge in [0.25, 0.3) is 0 Å². The van der Waals surface area contributed by atoms with Crippen molar-refractivity contribution in [1.82, 2.24) is 20.9 Å². The third kappa shape index (κ3) is 12.9. The molecule has 3 unspecified atom stereocenters. The van der Waals surface area contributed by atoms with Crippen LogP contribution in [-0.4, -0.2) is 102 Å². The molecular weight excluding hydrogens is 704 g/mol. The van der Waals surface area contributed by atoms with E-state index in [0.717, 1.165) is 77.0 Å². The van der Waals surface area contributed by atoms with E-state index >= 15 is 0 Å². The maximum absolute atomic E-state index is 13.0. The summed E-state index contributed by atoms with van der Waals surface area (Å²) >= 11 is 0. The number of nitrogens with one attached hydrogen (secondary N) is 3. The van der Waals surface area contributed by atoms with Crippen molar-refractivity contribution >= 4 is 24.4 Å². The molecule has 0 spiro atoms. The van der Waals surface area contributed by atoms with E-state index in [9.17, 15) is 19.2 Å². The van der Waals surface area contributed by atoms with Gasteiger partial charge in [-0.05, 0) is 91.8 Å². The van der Waals surface area contributed by atoms with Crippen molar-refractivity contribution in [2.45, 2.75) is 77.0 Å². The van der Waals surface area contributed by atoms with Crippen LogP contribution in [0.4, 0.5) is 19.2 Å². The summed E-state index contributed by atoms with van der Waals surface area (Å²) in [7, 11) is 0. The molecule has 6 aliphatic carbocycles. The maximum Gasteiger partial charge on any atom is 0.409 e. The highest BCUT2D eigenvalue weighted by Gasteiger charge is 2.51. The number of fused-ring (bicyclic) bond motifs is 3. The lowest BCUT2D eigenvalue weighted by atomic mass is 10.1. The Morgan fingerprint density at radius 1 is 0.455 bits per heavy atom. The summed E-state index contributed by atoms with van der Waals surface area (Å²) in [6.07, 6.45) is 9.69. The standard InChI is InChI=1S/C42H58N4O9/c47-39(53-27-36-30-13-7-1-2-8-14-31(30)36)43-19-22-46(23-20-44-40(48)54-28-37-32-15-9-3-4-10-16-33(32)37)42(50)52-26-25-51-24-21-45-41(49)55-29-38-34-17-11-5-6-12-18-35(34)38/h30-38H,7-29H2,(H,43,47)(H,44,48)(H,45,49)/t30-,31+,32-,33+,34-,35+,36?,37?,38?. The summed E-state index contributed by atoms with van der Waals surface area (Å²) in [5.41, 5.74) is 0. The van der Waals surface area contributed by atoms with Crippen molar-refractivity contribution in [2.75, 3.05) is 72.4 Å². The van der Waals surface area contributed by atoms with Gasteiger partial charge in [-0.2, -0.15) is 0 Å². The highest BCUT2D eigenvalue weighted by Crippen LogP contribution is 2.54. The number of rotatable bonds is 18. The monoisotopic (exact) mass is 762 g/mol. The molecule has 0 bridgehead atoms. The lowest BCUT2D eigenvalue weighted by Crippen LogP contribution is -2.43. The van der Waals surface area contributed by atoms with Gasteiger partial charge in [0.1, 0.15) is 6.61 Å². The second kappa shape index (κ2) is 21.1. The first-order chi connectivity index (χ1) is 27.0. The van der Waals surface area contributed by atoms with Gasteiger partial charge in [0.2, 0.25) is 0 Å². The van der Waals surface area contributed by atoms with Gasteiger partial charge < -0.3 is 44.5 Å². The van der Waals surface area contributed by atoms with Gasteiger partial charge in [0.15, 0.2) is 0 Å². The Kier molecular flexibility index (Phi) is 15.5. The van der Waals surface area contributed by atoms with Crippen LogP contribution in [0.5, 0.6) is 0 Å². The smallest absolute Gasteiger partial charge is 0.409 e. The van der Waals surface area contributed by atoms with Gasteiger partial charge in [-0.1, -0.05) is 0 Å². The summed E-state index contributed by atoms with van der Waals surface area (Å²) in [5.74, 6) is 23.9. The molecule has 9 atom stereocenters. The van der Waals surface area contributed by atoms with E-state index in [1.54, 1.807) is 0 Å². The first-order valence-corrected chi connectivity index (χ1v) is 20.6. The number of nitrogens with zero attached hydrogens (tertiary/aromatic N) is 1. The first-order valence-electron chi connectivity index (χ1n) is 20.6. The van der Waals surface area contributed by atoms with Crippen LogP contribution in [-0.2, 0) is 23.7 Å². The number of ether oxygens (including phenoxy) is 5. The first kappa shape index (κ1) is 40.4. The fourth-order valence-electron chi connectivity index (χ4n) is 9.00. The van der Waals surface area contributed by atoms with E-state index < -0.39 is 24.4 Å². The Morgan fingerprint density at radius 3 is 1.16 bits per heavy atom. The van der Waals surface area contributed by atoms with E-state index in [1.807, 2.05) is 0 Å². The molecule has 300 valence electrons. The second-order valence-corrected chi connectivity index (χ2v) is 15.6. The summed E-state index contributed by atoms with van der Waals surface area (Å²) in [4.78, 5) is 51.6. The van der Waals surface area contributed by atoms with Gasteiger partial charge in [0, 0.05) is 71.2 Å². The molecule has 0 saturated heterocycles. The zero-order chi connectivity index (χ0) is 38.2. The molecule has 0 aromatic carbocycles. The molecule has 13 heteroatoms. The molecule has 55 heavy (non-hydrogen) atoms. The summed E-state index contributed by atoms with van der Waals surface area (Å²) < 4.78 is 27.4. The molecule has 3 N–H and O–H groups in total. The molecule has 3 fully saturated rings. The van der Waals surface area contributed by atoms with Crippen LogP contribution in [0.1, 0.15) is 77.0 Å². The molecule has 6 aliphatic rings. The van der Waals surface area contributed by atoms with Gasteiger partial charge in [0.05, 0.1) is 33.0 Å². The molecule has 4 amide bonds. The van der Waals surface area contributed by atoms with Gasteiger partial charge in [-0.25, -0.2) is 19.2 Å². The van der Waals surface area contributed by atoms with Crippen molar-refractivity contribution in [3.8, 4) is 35.5 Å². The van der Waals surface area contributed by atoms with Crippen LogP contribution in [0.2, 0.25) is 0 Å². The summed E-state index contributed by atoms with van der Waals surface area (Å²) in [5, 5.41) is 8.17. The van der Waals surface area contributed by atoms with Crippen LogP contribution in [0.15, 0.2) is 0 Å². The lowest BCUT2D eigenvalue weighted by molar-refractivity contribution is 0.0550. The topological polar surface area (TPSA) is 154 Å². The van der Waals surface area contributed by atoms with Gasteiger partial charge >= 0.3 is 24.4 Å². The summed E-state index contributed by atoms with van der Waals surface area (Å²) in [6.45, 7) is 2.38. The van der Waals surface area contributed by atoms with Crippen molar-refractivity contribution in [1.29, 1.82) is 0 Å². The molecule has 0 aromatic rings. The molecule has 3 saturated carbocycles. The largest absolute Gasteiger partial charge is 0.449 e. The SMILES string of the molecule is O=C(NCCOCCOC(=O)N(CCNC(=O)OCC1[C@H]2CCC#CCC[C@@H]12)CCNC(=O)OCC1[C@H]2CCC#CCC[C@@H]12)OCC1[C@H]2CCC#CCC[C@@H]12. The van der Waals surface area contributed by atoms with Crippen LogP contribution in [0.3, 0.4) is 0 Å². The van der Waals surface area contributed by atoms with E-state index in [4.69, 9.17) is 23.7 Å². The third-order valence-electron chi connectivity index (χ3n) is 12.3. The molecule has 0 aromatic heterocycles. The van der Waals surface area contributed by atoms with E-state index in [2.05, 4.69) is 51.5 Å². The molecule has 0 heterocycles. The van der Waals surface area contributed by atoms with Gasteiger partial charge in [-0.3, -0.25) is 0 Å². The number of amides is 4. The minimum Gasteiger partial charge on any atom is -0.449 e. The predicted molar refractivity (Wildman–Crippen MR) is 202 cm³/mol. The number of carbonyl (C=O) groups excluding carboxylic acids is 4. The van der Waals surface area contributed by atoms with Crippen molar-refractivity contribution in [3.05, 3.63) is 0 Å².